The molecular weight excluding hydrogens is 494 g/mol. The number of nitrogens with one attached hydrogen (secondary N) is 1. The first-order valence-electron chi connectivity index (χ1n) is 12.4. The van der Waals surface area contributed by atoms with Gasteiger partial charge in [-0.3, -0.25) is 9.20 Å². The van der Waals surface area contributed by atoms with E-state index in [-0.39, 0.29) is 17.5 Å². The number of aromatic carboxylic acids is 1. The van der Waals surface area contributed by atoms with E-state index in [0.717, 1.165) is 27.5 Å². The Morgan fingerprint density at radius 3 is 2.49 bits per heavy atom. The zero-order valence-corrected chi connectivity index (χ0v) is 20.9. The molecule has 1 atom stereocenters. The lowest BCUT2D eigenvalue weighted by Crippen LogP contribution is -2.28. The van der Waals surface area contributed by atoms with Gasteiger partial charge in [-0.05, 0) is 58.7 Å². The molecule has 0 radical (unpaired) electrons. The van der Waals surface area contributed by atoms with Gasteiger partial charge in [0.15, 0.2) is 5.65 Å². The van der Waals surface area contributed by atoms with Crippen molar-refractivity contribution in [3.63, 3.8) is 0 Å². The van der Waals surface area contributed by atoms with Crippen LogP contribution in [0, 0.1) is 0 Å². The summed E-state index contributed by atoms with van der Waals surface area (Å²) in [6.45, 7) is 1.84. The Bertz CT molecular complexity index is 1820. The SMILES string of the molecule is C[C@H](NC(=O)c1cc(-c2cnoc2)cc2nnc(Cc3ccc4ccccc4c3)n12)c1ccc(C(=O)O)cc1. The summed E-state index contributed by atoms with van der Waals surface area (Å²) in [6, 6.07) is 24.0. The Kier molecular flexibility index (Phi) is 6.08. The monoisotopic (exact) mass is 517 g/mol. The van der Waals surface area contributed by atoms with Crippen LogP contribution in [0.15, 0.2) is 95.8 Å². The summed E-state index contributed by atoms with van der Waals surface area (Å²) in [5, 5.41) is 27.1. The average Bonchev–Trinajstić information content (AvgIpc) is 3.63. The van der Waals surface area contributed by atoms with Crippen LogP contribution >= 0.6 is 0 Å². The highest BCUT2D eigenvalue weighted by atomic mass is 16.5. The number of carboxylic acid groups (broad SMARTS) is 1. The molecule has 6 aromatic rings. The fourth-order valence-corrected chi connectivity index (χ4v) is 4.67. The lowest BCUT2D eigenvalue weighted by Gasteiger charge is -2.16. The third kappa shape index (κ3) is 4.73. The summed E-state index contributed by atoms with van der Waals surface area (Å²) in [5.74, 6) is -0.703. The van der Waals surface area contributed by atoms with E-state index in [9.17, 15) is 14.7 Å². The maximum absolute atomic E-state index is 13.7. The molecule has 3 aromatic carbocycles. The second-order valence-corrected chi connectivity index (χ2v) is 9.33. The molecular formula is C30H23N5O4. The minimum absolute atomic E-state index is 0.184. The Hall–Kier alpha value is -5.31. The number of benzene rings is 3. The highest BCUT2D eigenvalue weighted by Gasteiger charge is 2.20. The lowest BCUT2D eigenvalue weighted by molar-refractivity contribution is 0.0696. The number of fused-ring (bicyclic) bond motifs is 2. The maximum atomic E-state index is 13.7. The maximum Gasteiger partial charge on any atom is 0.335 e. The van der Waals surface area contributed by atoms with Crippen molar-refractivity contribution >= 4 is 28.3 Å². The van der Waals surface area contributed by atoms with E-state index in [1.54, 1.807) is 28.8 Å². The molecule has 0 aliphatic heterocycles. The van der Waals surface area contributed by atoms with Gasteiger partial charge in [0.2, 0.25) is 0 Å². The summed E-state index contributed by atoms with van der Waals surface area (Å²) in [4.78, 5) is 24.9. The molecule has 39 heavy (non-hydrogen) atoms. The Morgan fingerprint density at radius 2 is 1.74 bits per heavy atom. The van der Waals surface area contributed by atoms with Crippen LogP contribution in [0.4, 0.5) is 0 Å². The molecule has 2 N–H and O–H groups in total. The standard InChI is InChI=1S/C30H23N5O4/c1-18(20-8-10-22(11-9-20)30(37)38)32-29(36)26-14-24(25-16-31-39-17-25)15-28-34-33-27(35(26)28)13-19-6-7-21-4-2-3-5-23(21)12-19/h2-12,14-18H,13H2,1H3,(H,32,36)(H,37,38)/t18-/m0/s1. The fraction of sp³-hybridized carbons (Fsp3) is 0.100. The normalized spacial score (nSPS) is 12.0. The molecule has 6 rings (SSSR count). The van der Waals surface area contributed by atoms with Gasteiger partial charge in [-0.2, -0.15) is 0 Å². The predicted molar refractivity (Wildman–Crippen MR) is 145 cm³/mol. The molecule has 9 heteroatoms. The summed E-state index contributed by atoms with van der Waals surface area (Å²) in [7, 11) is 0. The van der Waals surface area contributed by atoms with Crippen molar-refractivity contribution in [2.75, 3.05) is 0 Å². The highest BCUT2D eigenvalue weighted by Crippen LogP contribution is 2.25. The molecule has 1 amide bonds. The number of carboxylic acids is 1. The van der Waals surface area contributed by atoms with E-state index < -0.39 is 5.97 Å². The third-order valence-corrected chi connectivity index (χ3v) is 6.75. The van der Waals surface area contributed by atoms with Crippen molar-refractivity contribution in [2.45, 2.75) is 19.4 Å². The molecule has 0 aliphatic rings. The van der Waals surface area contributed by atoms with Crippen LogP contribution in [0.5, 0.6) is 0 Å². The van der Waals surface area contributed by atoms with Gasteiger partial charge in [-0.25, -0.2) is 4.79 Å². The zero-order chi connectivity index (χ0) is 26.9. The molecule has 0 bridgehead atoms. The Morgan fingerprint density at radius 1 is 0.949 bits per heavy atom. The van der Waals surface area contributed by atoms with Crippen molar-refractivity contribution in [1.29, 1.82) is 0 Å². The number of pyridine rings is 1. The van der Waals surface area contributed by atoms with Gasteiger partial charge in [-0.15, -0.1) is 10.2 Å². The van der Waals surface area contributed by atoms with Crippen molar-refractivity contribution in [3.8, 4) is 11.1 Å². The van der Waals surface area contributed by atoms with E-state index in [4.69, 9.17) is 4.52 Å². The summed E-state index contributed by atoms with van der Waals surface area (Å²) in [5.41, 5.74) is 4.32. The fourth-order valence-electron chi connectivity index (χ4n) is 4.67. The number of amides is 1. The number of hydrogen-bond donors (Lipinski definition) is 2. The largest absolute Gasteiger partial charge is 0.478 e. The number of aromatic nitrogens is 4. The van der Waals surface area contributed by atoms with E-state index in [0.29, 0.717) is 29.1 Å². The van der Waals surface area contributed by atoms with E-state index in [2.05, 4.69) is 51.0 Å². The molecule has 192 valence electrons. The molecule has 0 saturated carbocycles. The van der Waals surface area contributed by atoms with Gasteiger partial charge in [0.1, 0.15) is 17.8 Å². The van der Waals surface area contributed by atoms with Crippen LogP contribution in [-0.4, -0.2) is 36.7 Å². The van der Waals surface area contributed by atoms with Crippen LogP contribution in [0.2, 0.25) is 0 Å². The minimum Gasteiger partial charge on any atom is -0.478 e. The number of carbonyl (C=O) groups is 2. The van der Waals surface area contributed by atoms with Crippen molar-refractivity contribution in [1.82, 2.24) is 25.1 Å². The molecule has 0 aliphatic carbocycles. The molecule has 0 saturated heterocycles. The lowest BCUT2D eigenvalue weighted by atomic mass is 10.0. The van der Waals surface area contributed by atoms with E-state index >= 15 is 0 Å². The minimum atomic E-state index is -1.00. The van der Waals surface area contributed by atoms with Gasteiger partial charge in [0.25, 0.3) is 5.91 Å². The van der Waals surface area contributed by atoms with Crippen molar-refractivity contribution in [2.24, 2.45) is 0 Å². The van der Waals surface area contributed by atoms with Gasteiger partial charge < -0.3 is 14.9 Å². The molecule has 9 nitrogen and oxygen atoms in total. The van der Waals surface area contributed by atoms with E-state index in [1.807, 2.05) is 25.1 Å². The third-order valence-electron chi connectivity index (χ3n) is 6.75. The smallest absolute Gasteiger partial charge is 0.335 e. The summed E-state index contributed by atoms with van der Waals surface area (Å²) in [6.07, 6.45) is 3.56. The zero-order valence-electron chi connectivity index (χ0n) is 20.9. The van der Waals surface area contributed by atoms with Crippen LogP contribution in [-0.2, 0) is 6.42 Å². The van der Waals surface area contributed by atoms with E-state index in [1.165, 1.54) is 18.4 Å². The van der Waals surface area contributed by atoms with Gasteiger partial charge >= 0.3 is 5.97 Å². The first-order chi connectivity index (χ1) is 19.0. The number of nitrogens with zero attached hydrogens (tertiary/aromatic N) is 4. The van der Waals surface area contributed by atoms with Crippen LogP contribution in [0.1, 0.15) is 50.8 Å². The van der Waals surface area contributed by atoms with Gasteiger partial charge in [-0.1, -0.05) is 59.8 Å². The molecule has 0 unspecified atom stereocenters. The second-order valence-electron chi connectivity index (χ2n) is 9.33. The Labute approximate surface area is 222 Å². The number of hydrogen-bond acceptors (Lipinski definition) is 6. The molecule has 3 aromatic heterocycles. The van der Waals surface area contributed by atoms with Gasteiger partial charge in [0, 0.05) is 12.0 Å². The number of rotatable bonds is 7. The van der Waals surface area contributed by atoms with Crippen LogP contribution in [0.25, 0.3) is 27.5 Å². The van der Waals surface area contributed by atoms with Crippen LogP contribution < -0.4 is 5.32 Å². The molecule has 0 spiro atoms. The second kappa shape index (κ2) is 9.86. The molecule has 0 fully saturated rings. The predicted octanol–water partition coefficient (Wildman–Crippen LogP) is 5.32. The topological polar surface area (TPSA) is 123 Å². The molecule has 3 heterocycles. The van der Waals surface area contributed by atoms with Crippen molar-refractivity contribution < 1.29 is 19.2 Å². The highest BCUT2D eigenvalue weighted by molar-refractivity contribution is 5.95. The summed E-state index contributed by atoms with van der Waals surface area (Å²) < 4.78 is 6.78. The van der Waals surface area contributed by atoms with Gasteiger partial charge in [0.05, 0.1) is 17.8 Å². The summed E-state index contributed by atoms with van der Waals surface area (Å²) >= 11 is 0. The number of carbonyl (C=O) groups excluding carboxylic acids is 1. The van der Waals surface area contributed by atoms with Crippen molar-refractivity contribution in [3.05, 3.63) is 120 Å². The first-order valence-corrected chi connectivity index (χ1v) is 12.4. The average molecular weight is 518 g/mol. The van der Waals surface area contributed by atoms with Crippen LogP contribution in [0.3, 0.4) is 0 Å². The first kappa shape index (κ1) is 24.1. The Balaban J connectivity index is 1.38. The quantitative estimate of drug-likeness (QED) is 0.294.